The molecular formula is C12H16N2O2S. The van der Waals surface area contributed by atoms with Crippen LogP contribution >= 0.6 is 0 Å². The highest BCUT2D eigenvalue weighted by Gasteiger charge is 2.23. The molecule has 0 saturated heterocycles. The van der Waals surface area contributed by atoms with Gasteiger partial charge in [0, 0.05) is 0 Å². The topological polar surface area (TPSA) is 70.0 Å². The van der Waals surface area contributed by atoms with Gasteiger partial charge in [-0.1, -0.05) is 30.3 Å². The number of nitriles is 1. The molecule has 4 nitrogen and oxygen atoms in total. The summed E-state index contributed by atoms with van der Waals surface area (Å²) in [4.78, 5) is 0. The molecule has 0 aliphatic rings. The summed E-state index contributed by atoms with van der Waals surface area (Å²) in [5, 5.41) is 8.77. The molecular weight excluding hydrogens is 236 g/mol. The van der Waals surface area contributed by atoms with Crippen LogP contribution in [0.4, 0.5) is 0 Å². The summed E-state index contributed by atoms with van der Waals surface area (Å²) >= 11 is 0. The van der Waals surface area contributed by atoms with Crippen molar-refractivity contribution in [2.24, 2.45) is 0 Å². The quantitative estimate of drug-likeness (QED) is 0.862. The molecule has 92 valence electrons. The van der Waals surface area contributed by atoms with E-state index in [1.807, 2.05) is 36.4 Å². The third kappa shape index (κ3) is 4.98. The number of hydrogen-bond acceptors (Lipinski definition) is 3. The second-order valence-corrected chi connectivity index (χ2v) is 6.24. The van der Waals surface area contributed by atoms with Crippen molar-refractivity contribution >= 4 is 10.0 Å². The first-order valence-corrected chi connectivity index (χ1v) is 6.97. The lowest BCUT2D eigenvalue weighted by molar-refractivity contribution is 0.535. The highest BCUT2D eigenvalue weighted by molar-refractivity contribution is 7.89. The molecule has 0 saturated carbocycles. The lowest BCUT2D eigenvalue weighted by Gasteiger charge is -2.17. The van der Waals surface area contributed by atoms with Gasteiger partial charge in [-0.2, -0.15) is 9.98 Å². The first-order chi connectivity index (χ1) is 7.85. The van der Waals surface area contributed by atoms with Crippen LogP contribution in [0.2, 0.25) is 0 Å². The number of hydrogen-bond donors (Lipinski definition) is 1. The van der Waals surface area contributed by atoms with Crippen LogP contribution in [0.25, 0.3) is 0 Å². The van der Waals surface area contributed by atoms with E-state index in [9.17, 15) is 8.42 Å². The lowest BCUT2D eigenvalue weighted by atomic mass is 10.1. The van der Waals surface area contributed by atoms with Crippen molar-refractivity contribution in [2.45, 2.75) is 25.8 Å². The number of benzene rings is 1. The van der Waals surface area contributed by atoms with Crippen LogP contribution in [0, 0.1) is 11.3 Å². The van der Waals surface area contributed by atoms with E-state index in [1.54, 1.807) is 0 Å². The monoisotopic (exact) mass is 252 g/mol. The average molecular weight is 252 g/mol. The largest absolute Gasteiger partial charge is 0.213 e. The molecule has 0 unspecified atom stereocenters. The minimum atomic E-state index is -3.42. The van der Waals surface area contributed by atoms with Crippen LogP contribution in [-0.4, -0.2) is 19.7 Å². The van der Waals surface area contributed by atoms with Crippen molar-refractivity contribution in [2.75, 3.05) is 5.75 Å². The molecule has 17 heavy (non-hydrogen) atoms. The van der Waals surface area contributed by atoms with Crippen LogP contribution in [0.5, 0.6) is 0 Å². The van der Waals surface area contributed by atoms with Gasteiger partial charge in [0.25, 0.3) is 0 Å². The van der Waals surface area contributed by atoms with Gasteiger partial charge in [-0.15, -0.1) is 0 Å². The predicted molar refractivity (Wildman–Crippen MR) is 66.8 cm³/mol. The fourth-order valence-electron chi connectivity index (χ4n) is 1.36. The second kappa shape index (κ2) is 5.30. The molecule has 0 aliphatic carbocycles. The zero-order chi connectivity index (χ0) is 12.9. The Hall–Kier alpha value is -1.38. The Labute approximate surface area is 102 Å². The highest BCUT2D eigenvalue weighted by atomic mass is 32.2. The third-order valence-corrected chi connectivity index (χ3v) is 3.76. The summed E-state index contributed by atoms with van der Waals surface area (Å²) < 4.78 is 25.8. The summed E-state index contributed by atoms with van der Waals surface area (Å²) in [5.74, 6) is -0.0118. The smallest absolute Gasteiger partial charge is 0.212 e. The summed E-state index contributed by atoms with van der Waals surface area (Å²) in [6, 6.07) is 11.3. The van der Waals surface area contributed by atoms with E-state index in [0.717, 1.165) is 5.56 Å². The molecule has 0 spiro atoms. The van der Waals surface area contributed by atoms with Crippen LogP contribution in [-0.2, 0) is 16.4 Å². The van der Waals surface area contributed by atoms with Crippen molar-refractivity contribution in [3.63, 3.8) is 0 Å². The molecule has 0 amide bonds. The first kappa shape index (κ1) is 13.7. The minimum Gasteiger partial charge on any atom is -0.212 e. The van der Waals surface area contributed by atoms with Gasteiger partial charge in [0.05, 0.1) is 11.8 Å². The highest BCUT2D eigenvalue weighted by Crippen LogP contribution is 2.05. The third-order valence-electron chi connectivity index (χ3n) is 2.19. The fourth-order valence-corrected chi connectivity index (χ4v) is 2.79. The zero-order valence-electron chi connectivity index (χ0n) is 9.97. The first-order valence-electron chi connectivity index (χ1n) is 5.31. The number of nitrogens with one attached hydrogen (secondary N) is 1. The van der Waals surface area contributed by atoms with E-state index in [0.29, 0.717) is 6.42 Å². The Morgan fingerprint density at radius 3 is 2.41 bits per heavy atom. The Morgan fingerprint density at radius 1 is 1.29 bits per heavy atom. The van der Waals surface area contributed by atoms with Gasteiger partial charge in [0.15, 0.2) is 0 Å². The van der Waals surface area contributed by atoms with Crippen molar-refractivity contribution in [1.82, 2.24) is 4.72 Å². The number of nitrogens with zero attached hydrogens (tertiary/aromatic N) is 1. The zero-order valence-corrected chi connectivity index (χ0v) is 10.8. The number of aryl methyl sites for hydroxylation is 1. The SMILES string of the molecule is CC(C)(C#N)NS(=O)(=O)CCc1ccccc1. The molecule has 1 aromatic carbocycles. The summed E-state index contributed by atoms with van der Waals surface area (Å²) in [6.07, 6.45) is 0.442. The fraction of sp³-hybridized carbons (Fsp3) is 0.417. The van der Waals surface area contributed by atoms with Crippen LogP contribution in [0.3, 0.4) is 0 Å². The van der Waals surface area contributed by atoms with E-state index >= 15 is 0 Å². The molecule has 0 fully saturated rings. The normalized spacial score (nSPS) is 12.1. The van der Waals surface area contributed by atoms with Gasteiger partial charge < -0.3 is 0 Å². The van der Waals surface area contributed by atoms with Crippen molar-refractivity contribution in [3.05, 3.63) is 35.9 Å². The van der Waals surface area contributed by atoms with E-state index < -0.39 is 15.6 Å². The lowest BCUT2D eigenvalue weighted by Crippen LogP contribution is -2.43. The average Bonchev–Trinajstić information content (AvgIpc) is 2.27. The van der Waals surface area contributed by atoms with Crippen molar-refractivity contribution < 1.29 is 8.42 Å². The molecule has 0 atom stereocenters. The van der Waals surface area contributed by atoms with Gasteiger partial charge >= 0.3 is 0 Å². The van der Waals surface area contributed by atoms with Gasteiger partial charge in [-0.05, 0) is 25.8 Å². The Morgan fingerprint density at radius 2 is 1.88 bits per heavy atom. The molecule has 1 N–H and O–H groups in total. The van der Waals surface area contributed by atoms with Crippen LogP contribution in [0.1, 0.15) is 19.4 Å². The van der Waals surface area contributed by atoms with Gasteiger partial charge in [0.2, 0.25) is 10.0 Å². The Kier molecular flexibility index (Phi) is 4.27. The Bertz CT molecular complexity index is 501. The van der Waals surface area contributed by atoms with Crippen LogP contribution in [0.15, 0.2) is 30.3 Å². The molecule has 1 aromatic rings. The number of sulfonamides is 1. The summed E-state index contributed by atoms with van der Waals surface area (Å²) in [6.45, 7) is 3.07. The van der Waals surface area contributed by atoms with E-state index in [2.05, 4.69) is 4.72 Å². The van der Waals surface area contributed by atoms with Crippen molar-refractivity contribution in [3.8, 4) is 6.07 Å². The second-order valence-electron chi connectivity index (χ2n) is 4.39. The van der Waals surface area contributed by atoms with Gasteiger partial charge in [-0.3, -0.25) is 0 Å². The minimum absolute atomic E-state index is 0.0118. The van der Waals surface area contributed by atoms with Gasteiger partial charge in [-0.25, -0.2) is 8.42 Å². The molecule has 0 radical (unpaired) electrons. The van der Waals surface area contributed by atoms with E-state index in [4.69, 9.17) is 5.26 Å². The van der Waals surface area contributed by atoms with E-state index in [1.165, 1.54) is 13.8 Å². The molecule has 0 aliphatic heterocycles. The van der Waals surface area contributed by atoms with E-state index in [-0.39, 0.29) is 5.75 Å². The van der Waals surface area contributed by atoms with Crippen LogP contribution < -0.4 is 4.72 Å². The summed E-state index contributed by atoms with van der Waals surface area (Å²) in [5.41, 5.74) is -0.0946. The number of rotatable bonds is 5. The molecule has 0 bridgehead atoms. The maximum atomic E-state index is 11.7. The molecule has 1 rings (SSSR count). The maximum Gasteiger partial charge on any atom is 0.213 e. The standard InChI is InChI=1S/C12H16N2O2S/c1-12(2,10-13)14-17(15,16)9-8-11-6-4-3-5-7-11/h3-7,14H,8-9H2,1-2H3. The molecule has 5 heteroatoms. The Balaban J connectivity index is 2.61. The summed E-state index contributed by atoms with van der Waals surface area (Å²) in [7, 11) is -3.42. The van der Waals surface area contributed by atoms with Gasteiger partial charge in [0.1, 0.15) is 5.54 Å². The predicted octanol–water partition coefficient (Wildman–Crippen LogP) is 1.45. The maximum absolute atomic E-state index is 11.7. The molecule has 0 aromatic heterocycles. The van der Waals surface area contributed by atoms with Crippen molar-refractivity contribution in [1.29, 1.82) is 5.26 Å². The molecule has 0 heterocycles.